The maximum absolute atomic E-state index is 13.0. The standard InChI is InChI=1S/C21H19F3N2O3/c22-21(23,24)15-7-8-16-14(12-15)4-3-10-25(16)19(27)9-11-26-17-5-1-2-6-18(17)29-13-20(26)28/h1-2,5-8,12H,3-4,9-11,13H2. The molecule has 0 N–H and O–H groups in total. The molecule has 2 aromatic carbocycles. The number of rotatable bonds is 3. The first-order valence-electron chi connectivity index (χ1n) is 9.37. The number of carbonyl (C=O) groups excluding carboxylic acids is 2. The second-order valence-corrected chi connectivity index (χ2v) is 7.04. The minimum Gasteiger partial charge on any atom is -0.482 e. The van der Waals surface area contributed by atoms with Crippen molar-refractivity contribution in [2.75, 3.05) is 29.5 Å². The molecule has 0 unspecified atom stereocenters. The number of ether oxygens (including phenoxy) is 1. The van der Waals surface area contributed by atoms with Crippen molar-refractivity contribution in [3.8, 4) is 5.75 Å². The molecular weight excluding hydrogens is 385 g/mol. The fourth-order valence-electron chi connectivity index (χ4n) is 3.77. The fraction of sp³-hybridized carbons (Fsp3) is 0.333. The Kier molecular flexibility index (Phi) is 4.94. The minimum atomic E-state index is -4.41. The maximum atomic E-state index is 13.0. The average Bonchev–Trinajstić information content (AvgIpc) is 2.71. The number of fused-ring (bicyclic) bond motifs is 2. The maximum Gasteiger partial charge on any atom is 0.416 e. The summed E-state index contributed by atoms with van der Waals surface area (Å²) in [6, 6.07) is 10.6. The highest BCUT2D eigenvalue weighted by Crippen LogP contribution is 2.36. The van der Waals surface area contributed by atoms with Gasteiger partial charge in [0.2, 0.25) is 5.91 Å². The van der Waals surface area contributed by atoms with E-state index in [2.05, 4.69) is 0 Å². The molecule has 5 nitrogen and oxygen atoms in total. The third-order valence-electron chi connectivity index (χ3n) is 5.18. The van der Waals surface area contributed by atoms with E-state index in [-0.39, 0.29) is 31.4 Å². The molecule has 2 aliphatic heterocycles. The van der Waals surface area contributed by atoms with E-state index >= 15 is 0 Å². The van der Waals surface area contributed by atoms with Gasteiger partial charge in [0, 0.05) is 25.2 Å². The molecule has 0 aliphatic carbocycles. The number of nitrogens with zero attached hydrogens (tertiary/aromatic N) is 2. The van der Waals surface area contributed by atoms with Crippen LogP contribution < -0.4 is 14.5 Å². The van der Waals surface area contributed by atoms with Crippen LogP contribution in [0.2, 0.25) is 0 Å². The quantitative estimate of drug-likeness (QED) is 0.782. The molecule has 0 atom stereocenters. The van der Waals surface area contributed by atoms with Gasteiger partial charge < -0.3 is 14.5 Å². The van der Waals surface area contributed by atoms with Crippen LogP contribution >= 0.6 is 0 Å². The van der Waals surface area contributed by atoms with Crippen LogP contribution in [-0.4, -0.2) is 31.5 Å². The Morgan fingerprint density at radius 3 is 2.69 bits per heavy atom. The van der Waals surface area contributed by atoms with Crippen molar-refractivity contribution in [1.29, 1.82) is 0 Å². The lowest BCUT2D eigenvalue weighted by atomic mass is 9.98. The third kappa shape index (κ3) is 3.79. The molecular formula is C21H19F3N2O3. The Morgan fingerprint density at radius 2 is 1.90 bits per heavy atom. The van der Waals surface area contributed by atoms with Crippen molar-refractivity contribution in [2.45, 2.75) is 25.4 Å². The highest BCUT2D eigenvalue weighted by molar-refractivity contribution is 6.00. The van der Waals surface area contributed by atoms with E-state index in [4.69, 9.17) is 4.74 Å². The van der Waals surface area contributed by atoms with Crippen LogP contribution in [0.5, 0.6) is 5.75 Å². The SMILES string of the molecule is O=C(CCN1C(=O)COc2ccccc21)N1CCCc2cc(C(F)(F)F)ccc21. The normalized spacial score (nSPS) is 16.2. The lowest BCUT2D eigenvalue weighted by Gasteiger charge is -2.32. The van der Waals surface area contributed by atoms with Crippen molar-refractivity contribution in [3.05, 3.63) is 53.6 Å². The van der Waals surface area contributed by atoms with Gasteiger partial charge in [-0.15, -0.1) is 0 Å². The number of carbonyl (C=O) groups is 2. The van der Waals surface area contributed by atoms with E-state index in [1.54, 1.807) is 24.3 Å². The van der Waals surface area contributed by atoms with Gasteiger partial charge in [0.25, 0.3) is 5.91 Å². The van der Waals surface area contributed by atoms with Crippen molar-refractivity contribution in [3.63, 3.8) is 0 Å². The summed E-state index contributed by atoms with van der Waals surface area (Å²) < 4.78 is 44.3. The summed E-state index contributed by atoms with van der Waals surface area (Å²) in [5.41, 5.74) is 0.946. The zero-order valence-electron chi connectivity index (χ0n) is 15.5. The Balaban J connectivity index is 1.50. The van der Waals surface area contributed by atoms with E-state index in [9.17, 15) is 22.8 Å². The second-order valence-electron chi connectivity index (χ2n) is 7.04. The Bertz CT molecular complexity index is 958. The van der Waals surface area contributed by atoms with Crippen LogP contribution in [-0.2, 0) is 22.2 Å². The number of benzene rings is 2. The van der Waals surface area contributed by atoms with E-state index in [0.717, 1.165) is 12.1 Å². The zero-order chi connectivity index (χ0) is 20.6. The van der Waals surface area contributed by atoms with Gasteiger partial charge in [-0.25, -0.2) is 0 Å². The molecule has 2 aromatic rings. The van der Waals surface area contributed by atoms with Crippen molar-refractivity contribution in [2.24, 2.45) is 0 Å². The van der Waals surface area contributed by atoms with Crippen molar-refractivity contribution in [1.82, 2.24) is 0 Å². The molecule has 2 amide bonds. The molecule has 0 fully saturated rings. The first-order chi connectivity index (χ1) is 13.8. The molecule has 2 aliphatic rings. The number of alkyl halides is 3. The lowest BCUT2D eigenvalue weighted by Crippen LogP contribution is -2.42. The summed E-state index contributed by atoms with van der Waals surface area (Å²) in [6.07, 6.45) is -3.25. The predicted octanol–water partition coefficient (Wildman–Crippen LogP) is 3.80. The molecule has 0 radical (unpaired) electrons. The highest BCUT2D eigenvalue weighted by Gasteiger charge is 2.33. The molecule has 0 saturated heterocycles. The van der Waals surface area contributed by atoms with Gasteiger partial charge in [-0.1, -0.05) is 12.1 Å². The lowest BCUT2D eigenvalue weighted by molar-refractivity contribution is -0.137. The van der Waals surface area contributed by atoms with E-state index in [0.29, 0.717) is 42.1 Å². The molecule has 0 spiro atoms. The monoisotopic (exact) mass is 404 g/mol. The summed E-state index contributed by atoms with van der Waals surface area (Å²) in [5.74, 6) is 0.135. The minimum absolute atomic E-state index is 0.0700. The molecule has 0 saturated carbocycles. The number of hydrogen-bond donors (Lipinski definition) is 0. The molecule has 2 heterocycles. The zero-order valence-corrected chi connectivity index (χ0v) is 15.5. The van der Waals surface area contributed by atoms with Crippen molar-refractivity contribution >= 4 is 23.2 Å². The van der Waals surface area contributed by atoms with Gasteiger partial charge in [-0.05, 0) is 48.7 Å². The Hall–Kier alpha value is -3.03. The molecule has 0 bridgehead atoms. The number of amides is 2. The molecule has 0 aromatic heterocycles. The van der Waals surface area contributed by atoms with Gasteiger partial charge in [-0.2, -0.15) is 13.2 Å². The van der Waals surface area contributed by atoms with Crippen molar-refractivity contribution < 1.29 is 27.5 Å². The van der Waals surface area contributed by atoms with Crippen LogP contribution in [0.1, 0.15) is 24.0 Å². The summed E-state index contributed by atoms with van der Waals surface area (Å²) in [4.78, 5) is 28.1. The Morgan fingerprint density at radius 1 is 1.10 bits per heavy atom. The molecule has 8 heteroatoms. The summed E-state index contributed by atoms with van der Waals surface area (Å²) in [7, 11) is 0. The molecule has 152 valence electrons. The number of para-hydroxylation sites is 2. The number of hydrogen-bond acceptors (Lipinski definition) is 3. The second kappa shape index (κ2) is 7.42. The third-order valence-corrected chi connectivity index (χ3v) is 5.18. The van der Waals surface area contributed by atoms with Crippen LogP contribution in [0.15, 0.2) is 42.5 Å². The predicted molar refractivity (Wildman–Crippen MR) is 101 cm³/mol. The van der Waals surface area contributed by atoms with Gasteiger partial charge in [0.1, 0.15) is 5.75 Å². The van der Waals surface area contributed by atoms with Crippen LogP contribution in [0.4, 0.5) is 24.5 Å². The first-order valence-corrected chi connectivity index (χ1v) is 9.37. The van der Waals surface area contributed by atoms with Crippen LogP contribution in [0.25, 0.3) is 0 Å². The van der Waals surface area contributed by atoms with Gasteiger partial charge in [0.15, 0.2) is 6.61 Å². The topological polar surface area (TPSA) is 49.9 Å². The van der Waals surface area contributed by atoms with Gasteiger partial charge >= 0.3 is 6.18 Å². The largest absolute Gasteiger partial charge is 0.482 e. The number of aryl methyl sites for hydroxylation is 1. The Labute approximate surface area is 165 Å². The van der Waals surface area contributed by atoms with E-state index in [1.165, 1.54) is 15.9 Å². The van der Waals surface area contributed by atoms with Crippen LogP contribution in [0.3, 0.4) is 0 Å². The molecule has 4 rings (SSSR count). The summed E-state index contributed by atoms with van der Waals surface area (Å²) in [6.45, 7) is 0.549. The van der Waals surface area contributed by atoms with E-state index in [1.807, 2.05) is 0 Å². The molecule has 29 heavy (non-hydrogen) atoms. The summed E-state index contributed by atoms with van der Waals surface area (Å²) >= 11 is 0. The first kappa shape index (κ1) is 19.3. The van der Waals surface area contributed by atoms with Gasteiger partial charge in [-0.3, -0.25) is 9.59 Å². The fourth-order valence-corrected chi connectivity index (χ4v) is 3.77. The number of anilines is 2. The highest BCUT2D eigenvalue weighted by atomic mass is 19.4. The van der Waals surface area contributed by atoms with E-state index < -0.39 is 11.7 Å². The number of halogens is 3. The van der Waals surface area contributed by atoms with Gasteiger partial charge in [0.05, 0.1) is 11.3 Å². The van der Waals surface area contributed by atoms with Crippen LogP contribution in [0, 0.1) is 0 Å². The smallest absolute Gasteiger partial charge is 0.416 e. The summed E-state index contributed by atoms with van der Waals surface area (Å²) in [5, 5.41) is 0. The average molecular weight is 404 g/mol.